The van der Waals surface area contributed by atoms with Gasteiger partial charge >= 0.3 is 5.97 Å². The molecule has 8 heteroatoms. The average molecular weight is 493 g/mol. The number of esters is 1. The highest BCUT2D eigenvalue weighted by atomic mass is 16.5. The number of carbonyl (C=O) groups excluding carboxylic acids is 3. The van der Waals surface area contributed by atoms with Gasteiger partial charge < -0.3 is 24.8 Å². The molecule has 0 unspecified atom stereocenters. The first-order valence-corrected chi connectivity index (χ1v) is 12.9. The molecular formula is C27H44N2O6. The maximum atomic E-state index is 12.1. The number of amides is 2. The minimum atomic E-state index is -0.258. The molecule has 1 aliphatic rings. The Morgan fingerprint density at radius 3 is 2.31 bits per heavy atom. The van der Waals surface area contributed by atoms with Gasteiger partial charge in [-0.25, -0.2) is 0 Å². The quantitative estimate of drug-likeness (QED) is 0.303. The molecule has 1 aromatic rings. The lowest BCUT2D eigenvalue weighted by atomic mass is 10.0. The van der Waals surface area contributed by atoms with Crippen molar-refractivity contribution < 1.29 is 29.0 Å². The Hall–Kier alpha value is -2.61. The first-order chi connectivity index (χ1) is 17.0. The number of carbonyl (C=O) groups is 3. The lowest BCUT2D eigenvalue weighted by molar-refractivity contribution is -0.140. The van der Waals surface area contributed by atoms with Gasteiger partial charge in [0.1, 0.15) is 5.75 Å². The molecule has 0 atom stereocenters. The number of aliphatic hydroxyl groups is 1. The van der Waals surface area contributed by atoms with Crippen molar-refractivity contribution in [2.24, 2.45) is 0 Å². The minimum absolute atomic E-state index is 0.0658. The third-order valence-electron chi connectivity index (χ3n) is 5.80. The molecular weight excluding hydrogens is 448 g/mol. The Balaban J connectivity index is 0.000000882. The van der Waals surface area contributed by atoms with Crippen LogP contribution in [0.4, 0.5) is 0 Å². The number of aliphatic hydroxyl groups excluding tert-OH is 1. The Morgan fingerprint density at radius 2 is 1.69 bits per heavy atom. The van der Waals surface area contributed by atoms with Gasteiger partial charge in [0.15, 0.2) is 0 Å². The highest BCUT2D eigenvalue weighted by molar-refractivity contribution is 5.85. The zero-order valence-corrected chi connectivity index (χ0v) is 21.6. The van der Waals surface area contributed by atoms with E-state index in [1.54, 1.807) is 18.0 Å². The van der Waals surface area contributed by atoms with E-state index in [0.717, 1.165) is 12.0 Å². The van der Waals surface area contributed by atoms with Crippen molar-refractivity contribution in [2.75, 3.05) is 40.5 Å². The molecule has 8 nitrogen and oxygen atoms in total. The lowest BCUT2D eigenvalue weighted by Crippen LogP contribution is -2.39. The van der Waals surface area contributed by atoms with Crippen LogP contribution in [-0.4, -0.2) is 68.3 Å². The number of nitrogens with zero attached hydrogens (tertiary/aromatic N) is 1. The third-order valence-corrected chi connectivity index (χ3v) is 5.80. The molecule has 1 fully saturated rings. The van der Waals surface area contributed by atoms with E-state index in [-0.39, 0.29) is 37.4 Å². The normalized spacial score (nSPS) is 12.7. The van der Waals surface area contributed by atoms with E-state index in [2.05, 4.69) is 10.1 Å². The number of likely N-dealkylation sites (N-methyl/N-ethyl adjacent to an activating group) is 1. The first kappa shape index (κ1) is 30.4. The van der Waals surface area contributed by atoms with E-state index in [0.29, 0.717) is 44.6 Å². The fraction of sp³-hybridized carbons (Fsp3) is 0.667. The smallest absolute Gasteiger partial charge is 0.305 e. The van der Waals surface area contributed by atoms with Crippen LogP contribution in [0.2, 0.25) is 0 Å². The Kier molecular flexibility index (Phi) is 17.1. The number of rotatable bonds is 14. The summed E-state index contributed by atoms with van der Waals surface area (Å²) in [6.45, 7) is 1.10. The fourth-order valence-electron chi connectivity index (χ4n) is 3.61. The van der Waals surface area contributed by atoms with Crippen LogP contribution in [0.3, 0.4) is 0 Å². The molecule has 0 bridgehead atoms. The van der Waals surface area contributed by atoms with Gasteiger partial charge in [0, 0.05) is 26.6 Å². The van der Waals surface area contributed by atoms with E-state index in [4.69, 9.17) is 9.84 Å². The molecule has 0 radical (unpaired) electrons. The molecule has 1 aliphatic carbocycles. The summed E-state index contributed by atoms with van der Waals surface area (Å²) in [7, 11) is 3.02. The highest BCUT2D eigenvalue weighted by Crippen LogP contribution is 2.15. The largest absolute Gasteiger partial charge is 0.494 e. The Labute approximate surface area is 210 Å². The summed E-state index contributed by atoms with van der Waals surface area (Å²) in [5, 5.41) is 11.4. The van der Waals surface area contributed by atoms with Gasteiger partial charge in [-0.1, -0.05) is 50.7 Å². The van der Waals surface area contributed by atoms with Crippen molar-refractivity contribution in [3.63, 3.8) is 0 Å². The van der Waals surface area contributed by atoms with Crippen LogP contribution < -0.4 is 10.1 Å². The Bertz CT molecular complexity index is 725. The second kappa shape index (κ2) is 19.7. The summed E-state index contributed by atoms with van der Waals surface area (Å²) in [6.07, 6.45) is 12.3. The molecule has 1 aromatic carbocycles. The number of hydrogen-bond acceptors (Lipinski definition) is 6. The molecule has 0 heterocycles. The average Bonchev–Trinajstić information content (AvgIpc) is 2.89. The second-order valence-corrected chi connectivity index (χ2v) is 8.85. The molecule has 0 spiro atoms. The molecule has 0 aliphatic heterocycles. The van der Waals surface area contributed by atoms with E-state index in [9.17, 15) is 14.4 Å². The molecule has 2 N–H and O–H groups in total. The predicted molar refractivity (Wildman–Crippen MR) is 136 cm³/mol. The number of ether oxygens (including phenoxy) is 2. The van der Waals surface area contributed by atoms with Crippen LogP contribution in [0.15, 0.2) is 24.3 Å². The first-order valence-electron chi connectivity index (χ1n) is 12.9. The van der Waals surface area contributed by atoms with Gasteiger partial charge in [0.05, 0.1) is 26.7 Å². The SMILES string of the molecule is C1CCCCC1.COC(=O)CCCCN(C)C(=O)CNC(=O)Cc1cccc(OCCCCO)c1. The summed E-state index contributed by atoms with van der Waals surface area (Å²) >= 11 is 0. The number of unbranched alkanes of at least 4 members (excludes halogenated alkanes) is 2. The van der Waals surface area contributed by atoms with Gasteiger partial charge in [-0.2, -0.15) is 0 Å². The molecule has 35 heavy (non-hydrogen) atoms. The Morgan fingerprint density at radius 1 is 1.00 bits per heavy atom. The van der Waals surface area contributed by atoms with Crippen LogP contribution >= 0.6 is 0 Å². The number of hydrogen-bond donors (Lipinski definition) is 2. The van der Waals surface area contributed by atoms with E-state index in [1.165, 1.54) is 45.6 Å². The summed E-state index contributed by atoms with van der Waals surface area (Å²) in [6, 6.07) is 7.26. The van der Waals surface area contributed by atoms with Crippen molar-refractivity contribution in [3.8, 4) is 5.75 Å². The third kappa shape index (κ3) is 15.8. The van der Waals surface area contributed by atoms with Crippen LogP contribution in [0.5, 0.6) is 5.75 Å². The second-order valence-electron chi connectivity index (χ2n) is 8.85. The van der Waals surface area contributed by atoms with Crippen LogP contribution in [0.25, 0.3) is 0 Å². The van der Waals surface area contributed by atoms with Crippen molar-refractivity contribution in [3.05, 3.63) is 29.8 Å². The van der Waals surface area contributed by atoms with Crippen LogP contribution in [-0.2, 0) is 25.5 Å². The van der Waals surface area contributed by atoms with Gasteiger partial charge in [0.25, 0.3) is 0 Å². The number of benzene rings is 1. The summed E-state index contributed by atoms with van der Waals surface area (Å²) in [5.41, 5.74) is 0.797. The summed E-state index contributed by atoms with van der Waals surface area (Å²) in [4.78, 5) is 36.8. The maximum Gasteiger partial charge on any atom is 0.305 e. The van der Waals surface area contributed by atoms with E-state index < -0.39 is 0 Å². The van der Waals surface area contributed by atoms with Crippen molar-refractivity contribution >= 4 is 17.8 Å². The van der Waals surface area contributed by atoms with Crippen molar-refractivity contribution in [1.29, 1.82) is 0 Å². The monoisotopic (exact) mass is 492 g/mol. The molecule has 0 aromatic heterocycles. The van der Waals surface area contributed by atoms with E-state index >= 15 is 0 Å². The zero-order valence-electron chi connectivity index (χ0n) is 21.6. The predicted octanol–water partition coefficient (Wildman–Crippen LogP) is 3.64. The zero-order chi connectivity index (χ0) is 25.7. The molecule has 1 saturated carbocycles. The fourth-order valence-corrected chi connectivity index (χ4v) is 3.61. The number of methoxy groups -OCH3 is 1. The lowest BCUT2D eigenvalue weighted by Gasteiger charge is -2.17. The molecule has 2 amide bonds. The topological polar surface area (TPSA) is 105 Å². The van der Waals surface area contributed by atoms with Crippen molar-refractivity contribution in [1.82, 2.24) is 10.2 Å². The van der Waals surface area contributed by atoms with Gasteiger partial charge in [-0.05, 0) is 43.4 Å². The molecule has 198 valence electrons. The molecule has 2 rings (SSSR count). The van der Waals surface area contributed by atoms with Gasteiger partial charge in [0.2, 0.25) is 11.8 Å². The van der Waals surface area contributed by atoms with Crippen molar-refractivity contribution in [2.45, 2.75) is 77.0 Å². The van der Waals surface area contributed by atoms with Gasteiger partial charge in [-0.3, -0.25) is 14.4 Å². The van der Waals surface area contributed by atoms with Crippen LogP contribution in [0.1, 0.15) is 76.2 Å². The summed E-state index contributed by atoms with van der Waals surface area (Å²) < 4.78 is 10.2. The maximum absolute atomic E-state index is 12.1. The van der Waals surface area contributed by atoms with Gasteiger partial charge in [-0.15, -0.1) is 0 Å². The van der Waals surface area contributed by atoms with Crippen LogP contribution in [0, 0.1) is 0 Å². The van der Waals surface area contributed by atoms with E-state index in [1.807, 2.05) is 18.2 Å². The highest BCUT2D eigenvalue weighted by Gasteiger charge is 2.11. The summed E-state index contributed by atoms with van der Waals surface area (Å²) in [5.74, 6) is -0.00543. The standard InChI is InChI=1S/C21H32N2O6.C6H12/c1-23(11-4-3-10-21(27)28-2)20(26)16-22-19(25)15-17-8-7-9-18(14-17)29-13-6-5-12-24;1-2-4-6-5-3-1/h7-9,14,24H,3-6,10-13,15-16H2,1-2H3,(H,22,25);1-6H2. The number of nitrogens with one attached hydrogen (secondary N) is 1. The minimum Gasteiger partial charge on any atom is -0.494 e. The molecule has 0 saturated heterocycles.